The monoisotopic (exact) mass is 572 g/mol. The highest BCUT2D eigenvalue weighted by atomic mass is 35.5. The molecule has 8 nitrogen and oxygen atoms in total. The van der Waals surface area contributed by atoms with Gasteiger partial charge in [0.05, 0.1) is 37.3 Å². The second kappa shape index (κ2) is 15.0. The highest BCUT2D eigenvalue weighted by Gasteiger charge is 2.15. The van der Waals surface area contributed by atoms with Gasteiger partial charge in [0.25, 0.3) is 11.1 Å². The van der Waals surface area contributed by atoms with Gasteiger partial charge in [-0.3, -0.25) is 9.59 Å². The smallest absolute Gasteiger partial charge is 0.347 e. The zero-order valence-corrected chi connectivity index (χ0v) is 24.1. The van der Waals surface area contributed by atoms with Gasteiger partial charge in [-0.15, -0.1) is 34.0 Å². The summed E-state index contributed by atoms with van der Waals surface area (Å²) in [4.78, 5) is 50.1. The number of aryl methyl sites for hydroxylation is 6. The minimum absolute atomic E-state index is 0.336. The molecule has 0 saturated carbocycles. The van der Waals surface area contributed by atoms with Crippen molar-refractivity contribution in [1.82, 2.24) is 15.0 Å². The summed E-state index contributed by atoms with van der Waals surface area (Å²) in [5.74, 6) is -1.20. The molecule has 1 amide bonds. The van der Waals surface area contributed by atoms with E-state index in [9.17, 15) is 14.4 Å². The standard InChI is InChI=1S/C8H8N2OS2.C7H8ClNOS.C7H9NO2S/c1-3-6-7(8(11)9-4-12)13-5(2)10-6;1-3-5-6(7(8)10)11-4(2)9-5;1-3-5-6(7(9)10)11-4(2)8-5/h3H2,1-2H3;3H2,1-2H3;3H2,1-2H3,(H,9,10). The van der Waals surface area contributed by atoms with Crippen LogP contribution in [0, 0.1) is 20.8 Å². The number of carbonyl (C=O) groups is 3. The minimum Gasteiger partial charge on any atom is -0.477 e. The van der Waals surface area contributed by atoms with Crippen molar-refractivity contribution >= 4 is 80.1 Å². The molecule has 0 spiro atoms. The number of aromatic nitrogens is 3. The highest BCUT2D eigenvalue weighted by Crippen LogP contribution is 2.21. The van der Waals surface area contributed by atoms with Crippen molar-refractivity contribution < 1.29 is 19.5 Å². The number of thiazole rings is 3. The summed E-state index contributed by atoms with van der Waals surface area (Å²) in [7, 11) is 0. The predicted molar refractivity (Wildman–Crippen MR) is 145 cm³/mol. The van der Waals surface area contributed by atoms with Crippen LogP contribution in [-0.2, 0) is 19.3 Å². The number of halogens is 1. The Balaban J connectivity index is 0.000000264. The van der Waals surface area contributed by atoms with Gasteiger partial charge >= 0.3 is 5.97 Å². The molecule has 0 radical (unpaired) electrons. The summed E-state index contributed by atoms with van der Waals surface area (Å²) in [6.45, 7) is 11.4. The van der Waals surface area contributed by atoms with E-state index in [1.165, 1.54) is 34.0 Å². The number of carbonyl (C=O) groups excluding carboxylic acids is 2. The molecule has 0 unspecified atom stereocenters. The Kier molecular flexibility index (Phi) is 13.2. The number of isothiocyanates is 1. The number of aromatic carboxylic acids is 1. The molecule has 0 aliphatic rings. The number of amides is 1. The second-order valence-corrected chi connectivity index (χ2v) is 10.8. The van der Waals surface area contributed by atoms with E-state index >= 15 is 0 Å². The molecular weight excluding hydrogens is 548 g/mol. The largest absolute Gasteiger partial charge is 0.477 e. The number of hydrogen-bond acceptors (Lipinski definition) is 10. The summed E-state index contributed by atoms with van der Waals surface area (Å²) in [5, 5.41) is 12.9. The van der Waals surface area contributed by atoms with Crippen LogP contribution < -0.4 is 0 Å². The maximum absolute atomic E-state index is 11.3. The first-order valence-corrected chi connectivity index (χ1v) is 13.7. The number of nitrogens with zero attached hydrogens (tertiary/aromatic N) is 4. The van der Waals surface area contributed by atoms with Crippen LogP contribution in [-0.4, -0.2) is 42.3 Å². The molecule has 0 atom stereocenters. The van der Waals surface area contributed by atoms with Gasteiger partial charge in [0, 0.05) is 0 Å². The Bertz CT molecular complexity index is 1180. The molecule has 0 bridgehead atoms. The Hall–Kier alpha value is -2.21. The minimum atomic E-state index is -0.868. The molecule has 0 fully saturated rings. The average Bonchev–Trinajstić information content (AvgIpc) is 3.50. The molecule has 0 aromatic carbocycles. The molecule has 3 aromatic heterocycles. The molecular formula is C22H25ClN4O4S4. The summed E-state index contributed by atoms with van der Waals surface area (Å²) in [5.41, 5.74) is 2.30. The van der Waals surface area contributed by atoms with Crippen LogP contribution in [0.1, 0.15) is 81.9 Å². The molecule has 3 heterocycles. The van der Waals surface area contributed by atoms with Crippen LogP contribution >= 0.6 is 57.8 Å². The molecule has 0 saturated heterocycles. The lowest BCUT2D eigenvalue weighted by atomic mass is 10.3. The fraction of sp³-hybridized carbons (Fsp3) is 0.409. The van der Waals surface area contributed by atoms with Gasteiger partial charge in [-0.2, -0.15) is 4.99 Å². The average molecular weight is 573 g/mol. The maximum Gasteiger partial charge on any atom is 0.347 e. The lowest BCUT2D eigenvalue weighted by Gasteiger charge is -1.90. The first kappa shape index (κ1) is 30.8. The maximum atomic E-state index is 11.3. The fourth-order valence-corrected chi connectivity index (χ4v) is 5.59. The second-order valence-electron chi connectivity index (χ2n) is 6.67. The molecule has 1 N–H and O–H groups in total. The van der Waals surface area contributed by atoms with Crippen molar-refractivity contribution in [2.45, 2.75) is 60.8 Å². The number of aliphatic imine (C=N–C) groups is 1. The summed E-state index contributed by atoms with van der Waals surface area (Å²) in [6, 6.07) is 0. The van der Waals surface area contributed by atoms with Crippen LogP contribution in [0.2, 0.25) is 0 Å². The summed E-state index contributed by atoms with van der Waals surface area (Å²) in [6.07, 6.45) is 2.18. The summed E-state index contributed by atoms with van der Waals surface area (Å²) < 4.78 is 0. The SMILES string of the molecule is CCc1nc(C)sc1C(=O)Cl.CCc1nc(C)sc1C(=O)N=C=S.CCc1nc(C)sc1C(=O)O. The van der Waals surface area contributed by atoms with Crippen LogP contribution in [0.4, 0.5) is 0 Å². The van der Waals surface area contributed by atoms with Gasteiger partial charge in [0.1, 0.15) is 14.6 Å². The van der Waals surface area contributed by atoms with Gasteiger partial charge in [-0.05, 0) is 63.9 Å². The van der Waals surface area contributed by atoms with Crippen molar-refractivity contribution in [3.8, 4) is 0 Å². The van der Waals surface area contributed by atoms with Crippen molar-refractivity contribution in [2.75, 3.05) is 0 Å². The van der Waals surface area contributed by atoms with Gasteiger partial charge in [0.2, 0.25) is 0 Å². The molecule has 35 heavy (non-hydrogen) atoms. The number of thiocarbonyl (C=S) groups is 1. The zero-order chi connectivity index (χ0) is 26.7. The van der Waals surface area contributed by atoms with E-state index in [0.29, 0.717) is 26.7 Å². The molecule has 13 heteroatoms. The van der Waals surface area contributed by atoms with Gasteiger partial charge in [-0.1, -0.05) is 20.8 Å². The van der Waals surface area contributed by atoms with Gasteiger partial charge < -0.3 is 5.11 Å². The van der Waals surface area contributed by atoms with E-state index < -0.39 is 11.2 Å². The molecule has 3 aromatic rings. The Morgan fingerprint density at radius 1 is 0.829 bits per heavy atom. The summed E-state index contributed by atoms with van der Waals surface area (Å²) >= 11 is 13.6. The predicted octanol–water partition coefficient (Wildman–Crippen LogP) is 6.36. The lowest BCUT2D eigenvalue weighted by Crippen LogP contribution is -1.97. The van der Waals surface area contributed by atoms with E-state index in [4.69, 9.17) is 16.7 Å². The van der Waals surface area contributed by atoms with Crippen molar-refractivity contribution in [1.29, 1.82) is 0 Å². The van der Waals surface area contributed by atoms with Crippen LogP contribution in [0.25, 0.3) is 0 Å². The number of hydrogen-bond donors (Lipinski definition) is 1. The Labute approximate surface area is 226 Å². The van der Waals surface area contributed by atoms with E-state index in [2.05, 4.69) is 37.3 Å². The number of carboxylic acids is 1. The lowest BCUT2D eigenvalue weighted by molar-refractivity contribution is 0.0700. The van der Waals surface area contributed by atoms with E-state index in [1.54, 1.807) is 0 Å². The van der Waals surface area contributed by atoms with Crippen molar-refractivity contribution in [3.63, 3.8) is 0 Å². The van der Waals surface area contributed by atoms with Crippen LogP contribution in [0.15, 0.2) is 4.99 Å². The third-order valence-corrected chi connectivity index (χ3v) is 7.54. The Morgan fingerprint density at radius 3 is 1.51 bits per heavy atom. The highest BCUT2D eigenvalue weighted by molar-refractivity contribution is 7.78. The first-order chi connectivity index (χ1) is 16.5. The molecule has 0 aliphatic heterocycles. The molecule has 188 valence electrons. The van der Waals surface area contributed by atoms with E-state index in [0.717, 1.165) is 39.3 Å². The Morgan fingerprint density at radius 2 is 1.20 bits per heavy atom. The van der Waals surface area contributed by atoms with Crippen LogP contribution in [0.3, 0.4) is 0 Å². The van der Waals surface area contributed by atoms with Crippen LogP contribution in [0.5, 0.6) is 0 Å². The third kappa shape index (κ3) is 9.40. The topological polar surface area (TPSA) is 122 Å². The quantitative estimate of drug-likeness (QED) is 0.205. The molecule has 0 aliphatic carbocycles. The fourth-order valence-electron chi connectivity index (χ4n) is 2.71. The normalized spacial score (nSPS) is 9.80. The van der Waals surface area contributed by atoms with Gasteiger partial charge in [0.15, 0.2) is 0 Å². The third-order valence-electron chi connectivity index (χ3n) is 4.13. The van der Waals surface area contributed by atoms with Gasteiger partial charge in [-0.25, -0.2) is 19.7 Å². The molecule has 3 rings (SSSR count). The first-order valence-electron chi connectivity index (χ1n) is 10.4. The van der Waals surface area contributed by atoms with E-state index in [-0.39, 0.29) is 5.91 Å². The number of rotatable bonds is 6. The number of carboxylic acid groups (broad SMARTS) is 1. The van der Waals surface area contributed by atoms with Crippen molar-refractivity contribution in [3.05, 3.63) is 46.7 Å². The van der Waals surface area contributed by atoms with Crippen molar-refractivity contribution in [2.24, 2.45) is 4.99 Å². The zero-order valence-electron chi connectivity index (χ0n) is 20.1. The van der Waals surface area contributed by atoms with E-state index in [1.807, 2.05) is 41.5 Å².